The highest BCUT2D eigenvalue weighted by Crippen LogP contribution is 2.05. The Morgan fingerprint density at radius 2 is 1.82 bits per heavy atom. The average molecular weight is 262 g/mol. The molecule has 6 heteroatoms. The number of hydrogen-bond acceptors (Lipinski definition) is 3. The van der Waals surface area contributed by atoms with Crippen molar-refractivity contribution in [3.63, 3.8) is 0 Å². The molecule has 17 heavy (non-hydrogen) atoms. The van der Waals surface area contributed by atoms with Crippen LogP contribution in [-0.4, -0.2) is 41.2 Å². The van der Waals surface area contributed by atoms with Crippen molar-refractivity contribution in [3.05, 3.63) is 0 Å². The second-order valence-electron chi connectivity index (χ2n) is 4.49. The van der Waals surface area contributed by atoms with E-state index in [1.165, 1.54) is 0 Å². The summed E-state index contributed by atoms with van der Waals surface area (Å²) in [6, 6.07) is -1.21. The number of thioether (sulfide) groups is 1. The zero-order chi connectivity index (χ0) is 13.4. The number of carbonyl (C=O) groups is 2. The molecule has 0 aliphatic heterocycles. The van der Waals surface area contributed by atoms with Gasteiger partial charge in [-0.3, -0.25) is 0 Å². The van der Waals surface area contributed by atoms with Crippen LogP contribution in [0.5, 0.6) is 0 Å². The fourth-order valence-corrected chi connectivity index (χ4v) is 1.99. The van der Waals surface area contributed by atoms with Gasteiger partial charge in [0.15, 0.2) is 0 Å². The molecule has 0 rings (SSSR count). The molecule has 0 aliphatic carbocycles. The van der Waals surface area contributed by atoms with Gasteiger partial charge >= 0.3 is 12.0 Å². The number of carbonyl (C=O) groups excluding carboxylic acids is 1. The normalized spacial score (nSPS) is 14.2. The summed E-state index contributed by atoms with van der Waals surface area (Å²) in [6.07, 6.45) is 2.38. The summed E-state index contributed by atoms with van der Waals surface area (Å²) in [5.74, 6) is 0.0291. The Morgan fingerprint density at radius 3 is 2.24 bits per heavy atom. The minimum atomic E-state index is -0.994. The number of amides is 2. The largest absolute Gasteiger partial charge is 0.480 e. The van der Waals surface area contributed by atoms with Crippen molar-refractivity contribution in [1.29, 1.82) is 0 Å². The molecule has 0 saturated carbocycles. The maximum atomic E-state index is 11.5. The van der Waals surface area contributed by atoms with E-state index in [1.54, 1.807) is 11.8 Å². The molecule has 0 aliphatic rings. The van der Waals surface area contributed by atoms with Gasteiger partial charge in [-0.1, -0.05) is 13.8 Å². The minimum Gasteiger partial charge on any atom is -0.480 e. The first-order chi connectivity index (χ1) is 7.86. The minimum absolute atomic E-state index is 0.0264. The highest BCUT2D eigenvalue weighted by Gasteiger charge is 2.21. The van der Waals surface area contributed by atoms with E-state index in [0.29, 0.717) is 6.42 Å². The van der Waals surface area contributed by atoms with Crippen LogP contribution in [0.1, 0.15) is 27.2 Å². The van der Waals surface area contributed by atoms with Gasteiger partial charge in [-0.05, 0) is 25.5 Å². The van der Waals surface area contributed by atoms with Crippen molar-refractivity contribution in [2.45, 2.75) is 39.3 Å². The van der Waals surface area contributed by atoms with E-state index in [4.69, 9.17) is 5.11 Å². The highest BCUT2D eigenvalue weighted by molar-refractivity contribution is 7.98. The Bertz CT molecular complexity index is 259. The molecule has 0 spiro atoms. The van der Waals surface area contributed by atoms with Gasteiger partial charge in [-0.25, -0.2) is 9.59 Å². The first-order valence-electron chi connectivity index (χ1n) is 5.65. The van der Waals surface area contributed by atoms with Crippen LogP contribution in [0.4, 0.5) is 4.79 Å². The van der Waals surface area contributed by atoms with Gasteiger partial charge in [-0.15, -0.1) is 0 Å². The van der Waals surface area contributed by atoms with Crippen molar-refractivity contribution in [3.8, 4) is 0 Å². The van der Waals surface area contributed by atoms with Gasteiger partial charge in [0.1, 0.15) is 6.04 Å². The van der Waals surface area contributed by atoms with E-state index >= 15 is 0 Å². The maximum Gasteiger partial charge on any atom is 0.326 e. The van der Waals surface area contributed by atoms with Crippen molar-refractivity contribution >= 4 is 23.8 Å². The Hall–Kier alpha value is -0.910. The summed E-state index contributed by atoms with van der Waals surface area (Å²) in [6.45, 7) is 5.73. The maximum absolute atomic E-state index is 11.5. The lowest BCUT2D eigenvalue weighted by molar-refractivity contribution is -0.139. The summed E-state index contributed by atoms with van der Waals surface area (Å²) in [5, 5.41) is 14.1. The predicted molar refractivity (Wildman–Crippen MR) is 70.4 cm³/mol. The van der Waals surface area contributed by atoms with Crippen LogP contribution in [0.25, 0.3) is 0 Å². The lowest BCUT2D eigenvalue weighted by atomic mass is 10.0. The molecule has 0 aromatic heterocycles. The number of aliphatic carboxylic acids is 1. The van der Waals surface area contributed by atoms with Crippen LogP contribution in [0.15, 0.2) is 0 Å². The second kappa shape index (κ2) is 8.22. The van der Waals surface area contributed by atoms with Crippen LogP contribution in [0.3, 0.4) is 0 Å². The van der Waals surface area contributed by atoms with E-state index in [9.17, 15) is 9.59 Å². The van der Waals surface area contributed by atoms with Crippen LogP contribution in [0.2, 0.25) is 0 Å². The van der Waals surface area contributed by atoms with Crippen molar-refractivity contribution in [1.82, 2.24) is 10.6 Å². The summed E-state index contributed by atoms with van der Waals surface area (Å²) in [5.41, 5.74) is 0. The van der Waals surface area contributed by atoms with E-state index in [2.05, 4.69) is 10.6 Å². The van der Waals surface area contributed by atoms with E-state index in [0.717, 1.165) is 5.75 Å². The molecule has 0 heterocycles. The lowest BCUT2D eigenvalue weighted by Crippen LogP contribution is -2.49. The Morgan fingerprint density at radius 1 is 1.24 bits per heavy atom. The third-order valence-corrected chi connectivity index (χ3v) is 2.94. The van der Waals surface area contributed by atoms with Crippen LogP contribution < -0.4 is 10.6 Å². The summed E-state index contributed by atoms with van der Waals surface area (Å²) in [7, 11) is 0. The molecule has 100 valence electrons. The van der Waals surface area contributed by atoms with Crippen LogP contribution >= 0.6 is 11.8 Å². The average Bonchev–Trinajstić information content (AvgIpc) is 2.15. The topological polar surface area (TPSA) is 78.4 Å². The van der Waals surface area contributed by atoms with Gasteiger partial charge in [0.25, 0.3) is 0 Å². The molecule has 0 aromatic rings. The number of rotatable bonds is 7. The monoisotopic (exact) mass is 262 g/mol. The molecule has 2 atom stereocenters. The van der Waals surface area contributed by atoms with E-state index in [1.807, 2.05) is 27.0 Å². The molecule has 2 amide bonds. The predicted octanol–water partition coefficient (Wildman–Crippen LogP) is 1.54. The Kier molecular flexibility index (Phi) is 7.78. The zero-order valence-corrected chi connectivity index (χ0v) is 11.6. The van der Waals surface area contributed by atoms with Gasteiger partial charge in [0.05, 0.1) is 0 Å². The summed E-state index contributed by atoms with van der Waals surface area (Å²) < 4.78 is 0. The van der Waals surface area contributed by atoms with Crippen LogP contribution in [0, 0.1) is 5.92 Å². The number of urea groups is 1. The van der Waals surface area contributed by atoms with Crippen LogP contribution in [-0.2, 0) is 4.79 Å². The first-order valence-corrected chi connectivity index (χ1v) is 7.05. The zero-order valence-electron chi connectivity index (χ0n) is 10.8. The highest BCUT2D eigenvalue weighted by atomic mass is 32.2. The molecule has 0 aromatic carbocycles. The van der Waals surface area contributed by atoms with Crippen molar-refractivity contribution < 1.29 is 14.7 Å². The van der Waals surface area contributed by atoms with Gasteiger partial charge < -0.3 is 15.7 Å². The third-order valence-electron chi connectivity index (χ3n) is 2.10. The summed E-state index contributed by atoms with van der Waals surface area (Å²) >= 11 is 1.63. The molecular formula is C11H22N2O3S. The first kappa shape index (κ1) is 16.1. The van der Waals surface area contributed by atoms with E-state index in [-0.39, 0.29) is 12.0 Å². The second-order valence-corrected chi connectivity index (χ2v) is 5.41. The smallest absolute Gasteiger partial charge is 0.326 e. The lowest BCUT2D eigenvalue weighted by Gasteiger charge is -2.19. The van der Waals surface area contributed by atoms with E-state index < -0.39 is 18.0 Å². The molecule has 0 radical (unpaired) electrons. The van der Waals surface area contributed by atoms with Gasteiger partial charge in [0.2, 0.25) is 0 Å². The Labute approximate surface area is 107 Å². The van der Waals surface area contributed by atoms with Crippen molar-refractivity contribution in [2.75, 3.05) is 12.0 Å². The fourth-order valence-electron chi connectivity index (χ4n) is 1.41. The number of carboxylic acid groups (broad SMARTS) is 1. The fraction of sp³-hybridized carbons (Fsp3) is 0.818. The number of carboxylic acids is 1. The molecule has 1 unspecified atom stereocenters. The third kappa shape index (κ3) is 7.90. The van der Waals surface area contributed by atoms with Gasteiger partial charge in [-0.2, -0.15) is 11.8 Å². The molecule has 0 saturated heterocycles. The molecular weight excluding hydrogens is 240 g/mol. The SMILES string of the molecule is CSCC(C)NC(=O)N[C@H](CC(C)C)C(=O)O. The molecule has 0 fully saturated rings. The molecule has 3 N–H and O–H groups in total. The quantitative estimate of drug-likeness (QED) is 0.650. The number of hydrogen-bond donors (Lipinski definition) is 3. The molecule has 0 bridgehead atoms. The number of nitrogens with one attached hydrogen (secondary N) is 2. The van der Waals surface area contributed by atoms with Gasteiger partial charge in [0, 0.05) is 11.8 Å². The van der Waals surface area contributed by atoms with Crippen molar-refractivity contribution in [2.24, 2.45) is 5.92 Å². The standard InChI is InChI=1S/C11H22N2O3S/c1-7(2)5-9(10(14)15)13-11(16)12-8(3)6-17-4/h7-9H,5-6H2,1-4H3,(H,14,15)(H2,12,13,16)/t8?,9-/m1/s1. The Balaban J connectivity index is 4.17. The summed E-state index contributed by atoms with van der Waals surface area (Å²) in [4.78, 5) is 22.5. The molecule has 5 nitrogen and oxygen atoms in total.